The van der Waals surface area contributed by atoms with Crippen LogP contribution < -0.4 is 10.6 Å². The fourth-order valence-electron chi connectivity index (χ4n) is 1.66. The van der Waals surface area contributed by atoms with Gasteiger partial charge in [-0.25, -0.2) is 4.98 Å². The Hall–Kier alpha value is -1.92. The van der Waals surface area contributed by atoms with Crippen LogP contribution >= 0.6 is 0 Å². The van der Waals surface area contributed by atoms with Gasteiger partial charge in [0.15, 0.2) is 0 Å². The second kappa shape index (κ2) is 4.94. The van der Waals surface area contributed by atoms with Crippen molar-refractivity contribution < 1.29 is 9.59 Å². The lowest BCUT2D eigenvalue weighted by molar-refractivity contribution is -0.122. The van der Waals surface area contributed by atoms with E-state index in [2.05, 4.69) is 25.8 Å². The zero-order chi connectivity index (χ0) is 12.3. The number of nitrogens with zero attached hydrogens (tertiary/aromatic N) is 2. The summed E-state index contributed by atoms with van der Waals surface area (Å²) in [6.07, 6.45) is 1.81. The molecule has 7 heteroatoms. The van der Waals surface area contributed by atoms with Crippen LogP contribution in [0.5, 0.6) is 0 Å². The van der Waals surface area contributed by atoms with E-state index < -0.39 is 0 Å². The summed E-state index contributed by atoms with van der Waals surface area (Å²) < 4.78 is 0. The molecule has 1 fully saturated rings. The van der Waals surface area contributed by atoms with Crippen molar-refractivity contribution in [3.05, 3.63) is 11.6 Å². The van der Waals surface area contributed by atoms with Gasteiger partial charge in [-0.1, -0.05) is 6.92 Å². The molecule has 7 nitrogen and oxygen atoms in total. The van der Waals surface area contributed by atoms with E-state index in [9.17, 15) is 9.59 Å². The topological polar surface area (TPSA) is 99.8 Å². The first kappa shape index (κ1) is 11.6. The van der Waals surface area contributed by atoms with Crippen molar-refractivity contribution in [2.75, 3.05) is 6.54 Å². The summed E-state index contributed by atoms with van der Waals surface area (Å²) in [5, 5.41) is 12.0. The molecule has 1 unspecified atom stereocenters. The SMILES string of the molecule is CCc1nc(C(=O)NC2CCC(=O)NC2)n[nH]1. The van der Waals surface area contributed by atoms with Gasteiger partial charge >= 0.3 is 0 Å². The van der Waals surface area contributed by atoms with Crippen LogP contribution in [-0.4, -0.2) is 39.6 Å². The van der Waals surface area contributed by atoms with E-state index in [1.807, 2.05) is 6.92 Å². The molecule has 2 heterocycles. The van der Waals surface area contributed by atoms with Crippen molar-refractivity contribution >= 4 is 11.8 Å². The first-order valence-corrected chi connectivity index (χ1v) is 5.68. The summed E-state index contributed by atoms with van der Waals surface area (Å²) >= 11 is 0. The Morgan fingerprint density at radius 3 is 3.00 bits per heavy atom. The Bertz CT molecular complexity index is 418. The number of hydrogen-bond donors (Lipinski definition) is 3. The molecule has 0 bridgehead atoms. The van der Waals surface area contributed by atoms with Gasteiger partial charge in [-0.15, -0.1) is 5.10 Å². The van der Waals surface area contributed by atoms with Crippen LogP contribution in [-0.2, 0) is 11.2 Å². The number of aryl methyl sites for hydroxylation is 1. The van der Waals surface area contributed by atoms with Gasteiger partial charge in [0.05, 0.1) is 0 Å². The lowest BCUT2D eigenvalue weighted by Crippen LogP contribution is -2.47. The predicted octanol–water partition coefficient (Wildman–Crippen LogP) is -0.624. The second-order valence-corrected chi connectivity index (χ2v) is 3.97. The van der Waals surface area contributed by atoms with Crippen LogP contribution in [0.3, 0.4) is 0 Å². The summed E-state index contributed by atoms with van der Waals surface area (Å²) in [5.74, 6) is 0.564. The van der Waals surface area contributed by atoms with Crippen LogP contribution in [0.15, 0.2) is 0 Å². The number of H-pyrrole nitrogens is 1. The van der Waals surface area contributed by atoms with Crippen LogP contribution in [0.4, 0.5) is 0 Å². The van der Waals surface area contributed by atoms with Crippen molar-refractivity contribution in [2.45, 2.75) is 32.2 Å². The molecule has 0 aromatic carbocycles. The van der Waals surface area contributed by atoms with Gasteiger partial charge in [-0.05, 0) is 6.42 Å². The molecule has 92 valence electrons. The van der Waals surface area contributed by atoms with Gasteiger partial charge in [-0.3, -0.25) is 14.7 Å². The summed E-state index contributed by atoms with van der Waals surface area (Å²) in [7, 11) is 0. The van der Waals surface area contributed by atoms with E-state index in [1.54, 1.807) is 0 Å². The molecule has 1 aromatic heterocycles. The van der Waals surface area contributed by atoms with E-state index in [-0.39, 0.29) is 23.7 Å². The largest absolute Gasteiger partial charge is 0.354 e. The molecule has 1 aliphatic rings. The first-order valence-electron chi connectivity index (χ1n) is 5.68. The zero-order valence-corrected chi connectivity index (χ0v) is 9.62. The summed E-state index contributed by atoms with van der Waals surface area (Å²) in [6.45, 7) is 2.40. The Morgan fingerprint density at radius 2 is 2.41 bits per heavy atom. The molecule has 2 amide bonds. The molecule has 1 saturated heterocycles. The highest BCUT2D eigenvalue weighted by molar-refractivity contribution is 5.90. The fraction of sp³-hybridized carbons (Fsp3) is 0.600. The zero-order valence-electron chi connectivity index (χ0n) is 9.62. The minimum Gasteiger partial charge on any atom is -0.354 e. The predicted molar refractivity (Wildman–Crippen MR) is 59.3 cm³/mol. The molecule has 0 aliphatic carbocycles. The van der Waals surface area contributed by atoms with Crippen LogP contribution in [0.2, 0.25) is 0 Å². The molecule has 1 aliphatic heterocycles. The normalized spacial score (nSPS) is 19.8. The smallest absolute Gasteiger partial charge is 0.291 e. The van der Waals surface area contributed by atoms with Gasteiger partial charge in [-0.2, -0.15) is 0 Å². The molecule has 0 saturated carbocycles. The molecular weight excluding hydrogens is 222 g/mol. The van der Waals surface area contributed by atoms with E-state index >= 15 is 0 Å². The molecule has 1 aromatic rings. The molecule has 3 N–H and O–H groups in total. The van der Waals surface area contributed by atoms with E-state index in [4.69, 9.17) is 0 Å². The first-order chi connectivity index (χ1) is 8.19. The van der Waals surface area contributed by atoms with Crippen molar-refractivity contribution in [3.8, 4) is 0 Å². The standard InChI is InChI=1S/C10H15N5O2/c1-2-7-13-9(15-14-7)10(17)12-6-3-4-8(16)11-5-6/h6H,2-5H2,1H3,(H,11,16)(H,12,17)(H,13,14,15). The van der Waals surface area contributed by atoms with Gasteiger partial charge in [0.25, 0.3) is 5.91 Å². The molecule has 0 radical (unpaired) electrons. The van der Waals surface area contributed by atoms with Crippen molar-refractivity contribution in [1.29, 1.82) is 0 Å². The number of piperidine rings is 1. The van der Waals surface area contributed by atoms with Crippen molar-refractivity contribution in [3.63, 3.8) is 0 Å². The highest BCUT2D eigenvalue weighted by Gasteiger charge is 2.21. The van der Waals surface area contributed by atoms with Gasteiger partial charge < -0.3 is 10.6 Å². The van der Waals surface area contributed by atoms with Crippen LogP contribution in [0.1, 0.15) is 36.2 Å². The lowest BCUT2D eigenvalue weighted by Gasteiger charge is -2.22. The number of aromatic amines is 1. The number of nitrogens with one attached hydrogen (secondary N) is 3. The number of carbonyl (C=O) groups is 2. The average molecular weight is 237 g/mol. The molecule has 0 spiro atoms. The monoisotopic (exact) mass is 237 g/mol. The van der Waals surface area contributed by atoms with Gasteiger partial charge in [0.2, 0.25) is 11.7 Å². The maximum absolute atomic E-state index is 11.8. The molecule has 1 atom stereocenters. The third kappa shape index (κ3) is 2.80. The summed E-state index contributed by atoms with van der Waals surface area (Å²) in [5.41, 5.74) is 0. The fourth-order valence-corrected chi connectivity index (χ4v) is 1.66. The molecule has 17 heavy (non-hydrogen) atoms. The highest BCUT2D eigenvalue weighted by atomic mass is 16.2. The van der Waals surface area contributed by atoms with Crippen molar-refractivity contribution in [2.24, 2.45) is 0 Å². The third-order valence-corrected chi connectivity index (χ3v) is 2.67. The van der Waals surface area contributed by atoms with Gasteiger partial charge in [0, 0.05) is 25.4 Å². The lowest BCUT2D eigenvalue weighted by atomic mass is 10.1. The number of amides is 2. The minimum atomic E-state index is -0.304. The van der Waals surface area contributed by atoms with E-state index in [0.29, 0.717) is 31.6 Å². The highest BCUT2D eigenvalue weighted by Crippen LogP contribution is 2.03. The van der Waals surface area contributed by atoms with Gasteiger partial charge in [0.1, 0.15) is 5.82 Å². The Labute approximate surface area is 98.4 Å². The second-order valence-electron chi connectivity index (χ2n) is 3.97. The minimum absolute atomic E-state index is 0.0293. The number of carbonyl (C=O) groups excluding carboxylic acids is 2. The maximum atomic E-state index is 11.8. The number of rotatable bonds is 3. The maximum Gasteiger partial charge on any atom is 0.291 e. The van der Waals surface area contributed by atoms with Crippen LogP contribution in [0, 0.1) is 0 Å². The van der Waals surface area contributed by atoms with E-state index in [1.165, 1.54) is 0 Å². The Kier molecular flexibility index (Phi) is 3.36. The Morgan fingerprint density at radius 1 is 1.59 bits per heavy atom. The Balaban J connectivity index is 1.90. The molecular formula is C10H15N5O2. The third-order valence-electron chi connectivity index (χ3n) is 2.67. The average Bonchev–Trinajstić information content (AvgIpc) is 2.81. The number of hydrogen-bond acceptors (Lipinski definition) is 4. The quantitative estimate of drug-likeness (QED) is 0.652. The number of aromatic nitrogens is 3. The van der Waals surface area contributed by atoms with E-state index in [0.717, 1.165) is 0 Å². The summed E-state index contributed by atoms with van der Waals surface area (Å²) in [6, 6.07) is -0.0382. The van der Waals surface area contributed by atoms with Crippen molar-refractivity contribution in [1.82, 2.24) is 25.8 Å². The molecule has 2 rings (SSSR count). The van der Waals surface area contributed by atoms with Crippen LogP contribution in [0.25, 0.3) is 0 Å². The summed E-state index contributed by atoms with van der Waals surface area (Å²) in [4.78, 5) is 26.8.